The average molecular weight is 390 g/mol. The Labute approximate surface area is 171 Å². The number of nitrogens with one attached hydrogen (secondary N) is 1. The van der Waals surface area contributed by atoms with Crippen molar-refractivity contribution < 1.29 is 21.5 Å². The molecule has 0 radical (unpaired) electrons. The van der Waals surface area contributed by atoms with Crippen LogP contribution in [0.15, 0.2) is 18.2 Å². The van der Waals surface area contributed by atoms with Gasteiger partial charge in [-0.3, -0.25) is 4.79 Å². The molecule has 0 bridgehead atoms. The van der Waals surface area contributed by atoms with E-state index in [1.165, 1.54) is 4.68 Å². The van der Waals surface area contributed by atoms with E-state index in [0.717, 1.165) is 23.4 Å². The number of nitrogens with zero attached hydrogens (tertiary/aromatic N) is 4. The molecule has 1 aromatic carbocycles. The average Bonchev–Trinajstić information content (AvgIpc) is 3.20. The van der Waals surface area contributed by atoms with Crippen LogP contribution in [0.3, 0.4) is 0 Å². The molecule has 2 aromatic rings. The van der Waals surface area contributed by atoms with Crippen LogP contribution in [0.25, 0.3) is 0 Å². The van der Waals surface area contributed by atoms with Gasteiger partial charge in [0.25, 0.3) is 0 Å². The second-order valence-electron chi connectivity index (χ2n) is 6.98. The predicted octanol–water partition coefficient (Wildman–Crippen LogP) is 2.44. The van der Waals surface area contributed by atoms with Crippen LogP contribution in [0.2, 0.25) is 0 Å². The topological polar surface area (TPSA) is 102 Å². The van der Waals surface area contributed by atoms with E-state index in [4.69, 9.17) is 11.6 Å². The van der Waals surface area contributed by atoms with Crippen LogP contribution in [-0.2, 0) is 17.6 Å². The van der Waals surface area contributed by atoms with Gasteiger partial charge in [-0.15, -0.1) is 5.10 Å². The van der Waals surface area contributed by atoms with Crippen LogP contribution in [-0.4, -0.2) is 43.9 Å². The highest BCUT2D eigenvalue weighted by Gasteiger charge is 2.23. The highest BCUT2D eigenvalue weighted by Crippen LogP contribution is 2.29. The highest BCUT2D eigenvalue weighted by atomic mass is 16.5. The summed E-state index contributed by atoms with van der Waals surface area (Å²) >= 11 is 0. The zero-order valence-electron chi connectivity index (χ0n) is 20.5. The maximum absolute atomic E-state index is 11.5. The second kappa shape index (κ2) is 8.68. The van der Waals surface area contributed by atoms with Gasteiger partial charge in [-0.05, 0) is 79.0 Å². The van der Waals surface area contributed by atoms with E-state index < -0.39 is 24.9 Å². The van der Waals surface area contributed by atoms with Crippen LogP contribution in [0.4, 0.5) is 5.69 Å². The first-order valence-electron chi connectivity index (χ1n) is 12.0. The number of amides is 1. The molecular formula is C20H27N5O3. The molecular weight excluding hydrogens is 358 g/mol. The van der Waals surface area contributed by atoms with Crippen molar-refractivity contribution >= 4 is 11.6 Å². The molecule has 2 aliphatic rings. The number of benzene rings is 1. The second-order valence-corrected chi connectivity index (χ2v) is 6.98. The zero-order valence-corrected chi connectivity index (χ0v) is 15.5. The molecule has 150 valence electrons. The van der Waals surface area contributed by atoms with Crippen molar-refractivity contribution in [2.75, 3.05) is 11.9 Å². The SMILES string of the molecule is [2H]C1([2H])CC(n2nnnc2CCCCOc2ccc3c(c2)CCC(=O)N3)CC([2H])([2H])C1([2H])O. The molecule has 28 heavy (non-hydrogen) atoms. The van der Waals surface area contributed by atoms with E-state index >= 15 is 0 Å². The Balaban J connectivity index is 1.30. The van der Waals surface area contributed by atoms with Gasteiger partial charge >= 0.3 is 0 Å². The molecule has 8 heteroatoms. The molecule has 8 nitrogen and oxygen atoms in total. The minimum Gasteiger partial charge on any atom is -0.494 e. The molecule has 1 aliphatic heterocycles. The standard InChI is InChI=1S/C20H27N5O3/c26-16-7-5-15(6-8-16)25-19(22-23-24-25)3-1-2-12-28-17-9-10-18-14(13-17)4-11-20(27)21-18/h9-10,13,15-16,26H,1-8,11-12H2,(H,21,27)/i7D2,8D2,16D. The van der Waals surface area contributed by atoms with Crippen LogP contribution < -0.4 is 10.1 Å². The summed E-state index contributed by atoms with van der Waals surface area (Å²) in [6.07, 6.45) is -5.17. The van der Waals surface area contributed by atoms with E-state index in [1.54, 1.807) is 0 Å². The fourth-order valence-electron chi connectivity index (χ4n) is 3.42. The molecule has 0 saturated heterocycles. The number of hydrogen-bond acceptors (Lipinski definition) is 6. The first kappa shape index (κ1) is 13.7. The summed E-state index contributed by atoms with van der Waals surface area (Å²) in [4.78, 5) is 11.5. The molecule has 1 aromatic heterocycles. The van der Waals surface area contributed by atoms with E-state index in [1.807, 2.05) is 18.2 Å². The lowest BCUT2D eigenvalue weighted by Gasteiger charge is -2.25. The van der Waals surface area contributed by atoms with Crippen molar-refractivity contribution in [3.05, 3.63) is 29.6 Å². The minimum atomic E-state index is -2.84. The van der Waals surface area contributed by atoms with Crippen LogP contribution in [0, 0.1) is 0 Å². The Morgan fingerprint density at radius 1 is 1.32 bits per heavy atom. The Hall–Kier alpha value is -2.48. The van der Waals surface area contributed by atoms with E-state index in [2.05, 4.69) is 20.8 Å². The molecule has 4 rings (SSSR count). The smallest absolute Gasteiger partial charge is 0.224 e. The monoisotopic (exact) mass is 390 g/mol. The lowest BCUT2D eigenvalue weighted by atomic mass is 9.93. The number of carbonyl (C=O) groups is 1. The van der Waals surface area contributed by atoms with Gasteiger partial charge in [0.05, 0.1) is 20.1 Å². The van der Waals surface area contributed by atoms with Gasteiger partial charge in [0.2, 0.25) is 5.91 Å². The molecule has 0 spiro atoms. The molecule has 1 saturated carbocycles. The minimum absolute atomic E-state index is 0.0226. The summed E-state index contributed by atoms with van der Waals surface area (Å²) < 4.78 is 47.0. The number of tetrazole rings is 1. The summed E-state index contributed by atoms with van der Waals surface area (Å²) in [5.41, 5.74) is 1.88. The molecule has 0 atom stereocenters. The quantitative estimate of drug-likeness (QED) is 0.704. The van der Waals surface area contributed by atoms with Crippen molar-refractivity contribution in [1.82, 2.24) is 20.2 Å². The first-order chi connectivity index (χ1) is 15.5. The van der Waals surface area contributed by atoms with Crippen molar-refractivity contribution in [2.24, 2.45) is 0 Å². The Morgan fingerprint density at radius 3 is 3.04 bits per heavy atom. The van der Waals surface area contributed by atoms with Gasteiger partial charge in [0.1, 0.15) is 5.75 Å². The van der Waals surface area contributed by atoms with Crippen molar-refractivity contribution in [1.29, 1.82) is 0 Å². The third kappa shape index (κ3) is 4.49. The molecule has 1 aliphatic carbocycles. The van der Waals surface area contributed by atoms with Crippen LogP contribution in [0.1, 0.15) is 69.1 Å². The normalized spacial score (nSPS) is 30.7. The number of unbranched alkanes of at least 4 members (excludes halogenated alkanes) is 1. The number of rotatable bonds is 7. The molecule has 0 unspecified atom stereocenters. The van der Waals surface area contributed by atoms with Gasteiger partial charge in [-0.1, -0.05) is 0 Å². The zero-order chi connectivity index (χ0) is 23.9. The summed E-state index contributed by atoms with van der Waals surface area (Å²) in [5.74, 6) is 1.27. The lowest BCUT2D eigenvalue weighted by molar-refractivity contribution is -0.116. The highest BCUT2D eigenvalue weighted by molar-refractivity contribution is 5.93. The summed E-state index contributed by atoms with van der Waals surface area (Å²) in [5, 5.41) is 24.6. The number of carbonyl (C=O) groups excluding carboxylic acids is 1. The summed E-state index contributed by atoms with van der Waals surface area (Å²) in [6, 6.07) is 4.91. The van der Waals surface area contributed by atoms with Crippen molar-refractivity contribution in [2.45, 2.75) is 69.8 Å². The molecule has 1 fully saturated rings. The van der Waals surface area contributed by atoms with Crippen LogP contribution >= 0.6 is 0 Å². The number of anilines is 1. The fraction of sp³-hybridized carbons (Fsp3) is 0.600. The van der Waals surface area contributed by atoms with Crippen LogP contribution in [0.5, 0.6) is 5.75 Å². The van der Waals surface area contributed by atoms with Gasteiger partial charge in [0.15, 0.2) is 5.82 Å². The van der Waals surface area contributed by atoms with E-state index in [9.17, 15) is 9.90 Å². The van der Waals surface area contributed by atoms with Gasteiger partial charge in [-0.25, -0.2) is 4.68 Å². The summed E-state index contributed by atoms with van der Waals surface area (Å²) in [7, 11) is 0. The first-order valence-corrected chi connectivity index (χ1v) is 9.55. The lowest BCUT2D eigenvalue weighted by Crippen LogP contribution is -2.23. The third-order valence-electron chi connectivity index (χ3n) is 4.95. The number of aliphatic hydroxyl groups is 1. The number of fused-ring (bicyclic) bond motifs is 1. The Kier molecular flexibility index (Phi) is 4.24. The van der Waals surface area contributed by atoms with Crippen molar-refractivity contribution in [3.8, 4) is 5.75 Å². The maximum Gasteiger partial charge on any atom is 0.224 e. The maximum atomic E-state index is 11.5. The third-order valence-corrected chi connectivity index (χ3v) is 4.95. The molecule has 1 amide bonds. The fourth-order valence-corrected chi connectivity index (χ4v) is 3.42. The number of aryl methyl sites for hydroxylation is 2. The Bertz CT molecular complexity index is 1010. The van der Waals surface area contributed by atoms with E-state index in [0.29, 0.717) is 38.1 Å². The van der Waals surface area contributed by atoms with E-state index in [-0.39, 0.29) is 18.7 Å². The van der Waals surface area contributed by atoms with Gasteiger partial charge in [-0.2, -0.15) is 0 Å². The largest absolute Gasteiger partial charge is 0.494 e. The summed E-state index contributed by atoms with van der Waals surface area (Å²) in [6.45, 7) is 0.479. The predicted molar refractivity (Wildman–Crippen MR) is 103 cm³/mol. The molecule has 2 N–H and O–H groups in total. The van der Waals surface area contributed by atoms with Gasteiger partial charge in [0, 0.05) is 24.0 Å². The number of aromatic nitrogens is 4. The van der Waals surface area contributed by atoms with Crippen molar-refractivity contribution in [3.63, 3.8) is 0 Å². The Morgan fingerprint density at radius 2 is 2.18 bits per heavy atom. The number of ether oxygens (including phenoxy) is 1. The van der Waals surface area contributed by atoms with Gasteiger partial charge < -0.3 is 15.2 Å². The molecule has 2 heterocycles. The number of hydrogen-bond donors (Lipinski definition) is 2.